The second kappa shape index (κ2) is 5.13. The number of hydrogen-bond acceptors (Lipinski definition) is 1. The molecule has 15 heavy (non-hydrogen) atoms. The summed E-state index contributed by atoms with van der Waals surface area (Å²) in [5, 5.41) is 3.46. The van der Waals surface area contributed by atoms with Gasteiger partial charge in [-0.3, -0.25) is 0 Å². The van der Waals surface area contributed by atoms with E-state index in [4.69, 9.17) is 0 Å². The van der Waals surface area contributed by atoms with Crippen LogP contribution in [-0.2, 0) is 0 Å². The highest BCUT2D eigenvalue weighted by Crippen LogP contribution is 2.21. The van der Waals surface area contributed by atoms with Crippen molar-refractivity contribution in [2.45, 2.75) is 19.8 Å². The van der Waals surface area contributed by atoms with Crippen LogP contribution in [0.4, 0.5) is 0 Å². The fraction of sp³-hybridized carbons (Fsp3) is 0.429. The number of hydrogen-bond donors (Lipinski definition) is 1. The van der Waals surface area contributed by atoms with Crippen LogP contribution in [0.15, 0.2) is 35.9 Å². The average molecular weight is 201 g/mol. The number of nitrogens with one attached hydrogen (secondary N) is 1. The summed E-state index contributed by atoms with van der Waals surface area (Å²) in [7, 11) is 0. The summed E-state index contributed by atoms with van der Waals surface area (Å²) >= 11 is 0. The highest BCUT2D eigenvalue weighted by atomic mass is 14.9. The smallest absolute Gasteiger partial charge is 0.00169 e. The molecule has 1 heterocycles. The molecular formula is C14H19N. The molecule has 1 aliphatic heterocycles. The molecule has 1 nitrogen and oxygen atoms in total. The Bertz CT molecular complexity index is 320. The SMILES string of the molecule is C/C(=C/c1ccccc1)C1CCCNC1. The van der Waals surface area contributed by atoms with E-state index in [-0.39, 0.29) is 0 Å². The van der Waals surface area contributed by atoms with Gasteiger partial charge in [-0.25, -0.2) is 0 Å². The van der Waals surface area contributed by atoms with Crippen molar-refractivity contribution in [3.8, 4) is 0 Å². The molecule has 1 fully saturated rings. The van der Waals surface area contributed by atoms with E-state index in [1.807, 2.05) is 0 Å². The molecule has 1 saturated heterocycles. The molecule has 1 N–H and O–H groups in total. The molecule has 1 atom stereocenters. The molecule has 1 aromatic rings. The Balaban J connectivity index is 2.06. The Labute approximate surface area is 92.2 Å². The van der Waals surface area contributed by atoms with E-state index in [0.717, 1.165) is 12.5 Å². The molecule has 0 aromatic heterocycles. The highest BCUT2D eigenvalue weighted by molar-refractivity contribution is 5.52. The summed E-state index contributed by atoms with van der Waals surface area (Å²) in [6, 6.07) is 10.6. The van der Waals surface area contributed by atoms with E-state index >= 15 is 0 Å². The Morgan fingerprint density at radius 2 is 2.13 bits per heavy atom. The zero-order chi connectivity index (χ0) is 10.5. The third kappa shape index (κ3) is 2.93. The first-order valence-corrected chi connectivity index (χ1v) is 5.80. The first-order chi connectivity index (χ1) is 7.36. The van der Waals surface area contributed by atoms with E-state index in [1.54, 1.807) is 0 Å². The van der Waals surface area contributed by atoms with Crippen LogP contribution in [0, 0.1) is 5.92 Å². The molecule has 0 amide bonds. The third-order valence-electron chi connectivity index (χ3n) is 3.13. The predicted molar refractivity (Wildman–Crippen MR) is 65.7 cm³/mol. The molecule has 0 aliphatic carbocycles. The van der Waals surface area contributed by atoms with E-state index in [1.165, 1.54) is 30.5 Å². The lowest BCUT2D eigenvalue weighted by molar-refractivity contribution is 0.424. The van der Waals surface area contributed by atoms with E-state index in [0.29, 0.717) is 0 Å². The van der Waals surface area contributed by atoms with Crippen molar-refractivity contribution in [2.24, 2.45) is 5.92 Å². The lowest BCUT2D eigenvalue weighted by Crippen LogP contribution is -2.30. The minimum Gasteiger partial charge on any atom is -0.316 e. The van der Waals surface area contributed by atoms with Crippen LogP contribution in [0.2, 0.25) is 0 Å². The van der Waals surface area contributed by atoms with Crippen LogP contribution in [0.25, 0.3) is 6.08 Å². The molecule has 1 unspecified atom stereocenters. The Kier molecular flexibility index (Phi) is 3.57. The number of benzene rings is 1. The fourth-order valence-corrected chi connectivity index (χ4v) is 2.17. The molecule has 0 spiro atoms. The summed E-state index contributed by atoms with van der Waals surface area (Å²) in [4.78, 5) is 0. The molecule has 0 radical (unpaired) electrons. The van der Waals surface area contributed by atoms with Gasteiger partial charge in [-0.05, 0) is 37.8 Å². The Morgan fingerprint density at radius 1 is 1.33 bits per heavy atom. The van der Waals surface area contributed by atoms with Crippen LogP contribution in [0.1, 0.15) is 25.3 Å². The van der Waals surface area contributed by atoms with Crippen LogP contribution >= 0.6 is 0 Å². The largest absolute Gasteiger partial charge is 0.316 e. The van der Waals surface area contributed by atoms with Gasteiger partial charge in [0.15, 0.2) is 0 Å². The van der Waals surface area contributed by atoms with Gasteiger partial charge in [0, 0.05) is 6.54 Å². The molecule has 0 saturated carbocycles. The van der Waals surface area contributed by atoms with Gasteiger partial charge in [0.25, 0.3) is 0 Å². The maximum absolute atomic E-state index is 3.46. The topological polar surface area (TPSA) is 12.0 Å². The van der Waals surface area contributed by atoms with Crippen LogP contribution < -0.4 is 5.32 Å². The monoisotopic (exact) mass is 201 g/mol. The summed E-state index contributed by atoms with van der Waals surface area (Å²) in [6.07, 6.45) is 4.96. The quantitative estimate of drug-likeness (QED) is 0.775. The molecule has 1 heteroatoms. The van der Waals surface area contributed by atoms with Crippen LogP contribution in [-0.4, -0.2) is 13.1 Å². The Morgan fingerprint density at radius 3 is 2.80 bits per heavy atom. The Hall–Kier alpha value is -1.08. The highest BCUT2D eigenvalue weighted by Gasteiger charge is 2.13. The van der Waals surface area contributed by atoms with Crippen molar-refractivity contribution in [2.75, 3.05) is 13.1 Å². The average Bonchev–Trinajstić information content (AvgIpc) is 2.31. The maximum atomic E-state index is 3.46. The van der Waals surface area contributed by atoms with Crippen molar-refractivity contribution in [1.29, 1.82) is 0 Å². The van der Waals surface area contributed by atoms with Crippen molar-refractivity contribution >= 4 is 6.08 Å². The summed E-state index contributed by atoms with van der Waals surface area (Å²) in [5.74, 6) is 0.735. The minimum absolute atomic E-state index is 0.735. The first-order valence-electron chi connectivity index (χ1n) is 5.80. The lowest BCUT2D eigenvalue weighted by Gasteiger charge is -2.23. The molecule has 2 rings (SSSR count). The molecule has 0 bridgehead atoms. The lowest BCUT2D eigenvalue weighted by atomic mass is 9.91. The fourth-order valence-electron chi connectivity index (χ4n) is 2.17. The van der Waals surface area contributed by atoms with Gasteiger partial charge in [-0.1, -0.05) is 42.0 Å². The second-order valence-electron chi connectivity index (χ2n) is 4.34. The maximum Gasteiger partial charge on any atom is 0.00169 e. The normalized spacial score (nSPS) is 22.7. The second-order valence-corrected chi connectivity index (χ2v) is 4.34. The molecule has 1 aromatic carbocycles. The van der Waals surface area contributed by atoms with E-state index in [9.17, 15) is 0 Å². The van der Waals surface area contributed by atoms with Crippen molar-refractivity contribution in [1.82, 2.24) is 5.32 Å². The van der Waals surface area contributed by atoms with Gasteiger partial charge >= 0.3 is 0 Å². The van der Waals surface area contributed by atoms with Crippen molar-refractivity contribution < 1.29 is 0 Å². The van der Waals surface area contributed by atoms with Crippen LogP contribution in [0.5, 0.6) is 0 Å². The predicted octanol–water partition coefficient (Wildman–Crippen LogP) is 3.09. The zero-order valence-corrected chi connectivity index (χ0v) is 9.37. The number of rotatable bonds is 2. The zero-order valence-electron chi connectivity index (χ0n) is 9.37. The van der Waals surface area contributed by atoms with Crippen molar-refractivity contribution in [3.05, 3.63) is 41.5 Å². The van der Waals surface area contributed by atoms with Gasteiger partial charge in [-0.15, -0.1) is 0 Å². The summed E-state index contributed by atoms with van der Waals surface area (Å²) in [6.45, 7) is 4.59. The van der Waals surface area contributed by atoms with E-state index in [2.05, 4.69) is 48.6 Å². The standard InChI is InChI=1S/C14H19N/c1-12(14-8-5-9-15-11-14)10-13-6-3-2-4-7-13/h2-4,6-7,10,14-15H,5,8-9,11H2,1H3/b12-10-. The minimum atomic E-state index is 0.735. The third-order valence-corrected chi connectivity index (χ3v) is 3.13. The number of piperidine rings is 1. The summed E-state index contributed by atoms with van der Waals surface area (Å²) < 4.78 is 0. The van der Waals surface area contributed by atoms with Crippen LogP contribution in [0.3, 0.4) is 0 Å². The van der Waals surface area contributed by atoms with Gasteiger partial charge < -0.3 is 5.32 Å². The summed E-state index contributed by atoms with van der Waals surface area (Å²) in [5.41, 5.74) is 2.83. The van der Waals surface area contributed by atoms with E-state index < -0.39 is 0 Å². The molecule has 1 aliphatic rings. The van der Waals surface area contributed by atoms with Gasteiger partial charge in [0.1, 0.15) is 0 Å². The van der Waals surface area contributed by atoms with Gasteiger partial charge in [-0.2, -0.15) is 0 Å². The van der Waals surface area contributed by atoms with Crippen molar-refractivity contribution in [3.63, 3.8) is 0 Å². The molecule has 80 valence electrons. The first kappa shape index (κ1) is 10.4. The molecular weight excluding hydrogens is 182 g/mol. The van der Waals surface area contributed by atoms with Gasteiger partial charge in [0.2, 0.25) is 0 Å². The van der Waals surface area contributed by atoms with Gasteiger partial charge in [0.05, 0.1) is 0 Å².